The van der Waals surface area contributed by atoms with Gasteiger partial charge in [-0.1, -0.05) is 0 Å². The summed E-state index contributed by atoms with van der Waals surface area (Å²) < 4.78 is 25.9. The van der Waals surface area contributed by atoms with Gasteiger partial charge in [0.25, 0.3) is 5.91 Å². The second-order valence-electron chi connectivity index (χ2n) is 5.54. The monoisotopic (exact) mass is 395 g/mol. The molecule has 0 atom stereocenters. The Morgan fingerprint density at radius 3 is 2.83 bits per heavy atom. The van der Waals surface area contributed by atoms with Gasteiger partial charge >= 0.3 is 0 Å². The lowest BCUT2D eigenvalue weighted by molar-refractivity contribution is 0.0950. The molecule has 0 aromatic carbocycles. The molecule has 11 heteroatoms. The minimum Gasteiger partial charge on any atom is -0.350 e. The number of amides is 1. The molecule has 1 aromatic rings. The van der Waals surface area contributed by atoms with Gasteiger partial charge in [0.05, 0.1) is 5.75 Å². The third-order valence-electron chi connectivity index (χ3n) is 4.03. The SMILES string of the molecule is Cl.O=C(NCCS(=O)(=O)N1CCSCC1)c1n[nH]c2c1CNCC2. The fourth-order valence-corrected chi connectivity index (χ4v) is 5.24. The van der Waals surface area contributed by atoms with Crippen LogP contribution in [-0.4, -0.2) is 72.3 Å². The molecule has 3 heterocycles. The van der Waals surface area contributed by atoms with Crippen molar-refractivity contribution in [1.29, 1.82) is 0 Å². The van der Waals surface area contributed by atoms with E-state index in [0.29, 0.717) is 25.3 Å². The number of nitrogens with zero attached hydrogens (tertiary/aromatic N) is 2. The number of hydrogen-bond acceptors (Lipinski definition) is 6. The van der Waals surface area contributed by atoms with Crippen LogP contribution in [0.15, 0.2) is 0 Å². The molecule has 8 nitrogen and oxygen atoms in total. The number of rotatable bonds is 5. The highest BCUT2D eigenvalue weighted by molar-refractivity contribution is 7.99. The normalized spacial score (nSPS) is 18.5. The summed E-state index contributed by atoms with van der Waals surface area (Å²) in [6.07, 6.45) is 0.816. The van der Waals surface area contributed by atoms with E-state index in [-0.39, 0.29) is 30.6 Å². The first-order valence-electron chi connectivity index (χ1n) is 7.68. The average molecular weight is 396 g/mol. The van der Waals surface area contributed by atoms with Crippen LogP contribution < -0.4 is 10.6 Å². The van der Waals surface area contributed by atoms with Crippen LogP contribution in [0, 0.1) is 0 Å². The van der Waals surface area contributed by atoms with Gasteiger partial charge in [0.1, 0.15) is 0 Å². The first-order valence-corrected chi connectivity index (χ1v) is 10.4. The number of hydrogen-bond donors (Lipinski definition) is 3. The maximum Gasteiger partial charge on any atom is 0.272 e. The van der Waals surface area contributed by atoms with Crippen molar-refractivity contribution in [2.45, 2.75) is 13.0 Å². The van der Waals surface area contributed by atoms with Crippen LogP contribution in [0.5, 0.6) is 0 Å². The Balaban J connectivity index is 0.00000208. The summed E-state index contributed by atoms with van der Waals surface area (Å²) in [6, 6.07) is 0. The Bertz CT molecular complexity index is 673. The van der Waals surface area contributed by atoms with Crippen LogP contribution in [0.4, 0.5) is 0 Å². The zero-order valence-corrected chi connectivity index (χ0v) is 15.7. The third-order valence-corrected chi connectivity index (χ3v) is 6.84. The highest BCUT2D eigenvalue weighted by Crippen LogP contribution is 2.15. The molecule has 1 saturated heterocycles. The van der Waals surface area contributed by atoms with Gasteiger partial charge in [0.15, 0.2) is 5.69 Å². The van der Waals surface area contributed by atoms with E-state index in [4.69, 9.17) is 0 Å². The number of thioether (sulfide) groups is 1. The number of carbonyl (C=O) groups is 1. The number of fused-ring (bicyclic) bond motifs is 1. The van der Waals surface area contributed by atoms with E-state index in [1.165, 1.54) is 4.31 Å². The van der Waals surface area contributed by atoms with Crippen molar-refractivity contribution in [3.63, 3.8) is 0 Å². The Labute approximate surface area is 152 Å². The molecule has 0 unspecified atom stereocenters. The van der Waals surface area contributed by atoms with Crippen molar-refractivity contribution < 1.29 is 13.2 Å². The zero-order valence-electron chi connectivity index (χ0n) is 13.2. The van der Waals surface area contributed by atoms with Gasteiger partial charge < -0.3 is 10.6 Å². The van der Waals surface area contributed by atoms with Gasteiger partial charge in [-0.2, -0.15) is 16.9 Å². The molecule has 1 fully saturated rings. The van der Waals surface area contributed by atoms with E-state index in [1.54, 1.807) is 11.8 Å². The standard InChI is InChI=1S/C13H21N5O3S2.ClH/c19-13(12-10-9-14-2-1-11(10)16-17-12)15-3-8-23(20,21)18-4-6-22-7-5-18;/h14H,1-9H2,(H,15,19)(H,16,17);1H. The maximum atomic E-state index is 12.2. The molecule has 1 aromatic heterocycles. The maximum absolute atomic E-state index is 12.2. The van der Waals surface area contributed by atoms with Gasteiger partial charge in [-0.15, -0.1) is 12.4 Å². The summed E-state index contributed by atoms with van der Waals surface area (Å²) in [5.74, 6) is 1.26. The number of sulfonamides is 1. The third kappa shape index (κ3) is 4.42. The number of halogens is 1. The molecule has 24 heavy (non-hydrogen) atoms. The first kappa shape index (κ1) is 19.5. The largest absolute Gasteiger partial charge is 0.350 e. The second-order valence-corrected chi connectivity index (χ2v) is 8.85. The summed E-state index contributed by atoms with van der Waals surface area (Å²) in [6.45, 7) is 2.68. The Kier molecular flexibility index (Phi) is 6.93. The highest BCUT2D eigenvalue weighted by atomic mass is 35.5. The van der Waals surface area contributed by atoms with Gasteiger partial charge in [-0.25, -0.2) is 12.7 Å². The minimum absolute atomic E-state index is 0. The molecule has 2 aliphatic rings. The topological polar surface area (TPSA) is 107 Å². The second kappa shape index (κ2) is 8.52. The fraction of sp³-hybridized carbons (Fsp3) is 0.692. The fourth-order valence-electron chi connectivity index (χ4n) is 2.74. The Morgan fingerprint density at radius 2 is 2.08 bits per heavy atom. The quantitative estimate of drug-likeness (QED) is 0.625. The molecule has 0 spiro atoms. The molecule has 3 N–H and O–H groups in total. The van der Waals surface area contributed by atoms with Crippen LogP contribution in [0.2, 0.25) is 0 Å². The molecule has 0 aliphatic carbocycles. The molecule has 2 aliphatic heterocycles. The lowest BCUT2D eigenvalue weighted by atomic mass is 10.1. The van der Waals surface area contributed by atoms with Gasteiger partial charge in [-0.3, -0.25) is 9.89 Å². The first-order chi connectivity index (χ1) is 11.1. The lowest BCUT2D eigenvalue weighted by Gasteiger charge is -2.25. The van der Waals surface area contributed by atoms with Crippen LogP contribution in [0.3, 0.4) is 0 Å². The number of nitrogens with one attached hydrogen (secondary N) is 3. The molecule has 136 valence electrons. The van der Waals surface area contributed by atoms with Crippen molar-refractivity contribution in [1.82, 2.24) is 25.1 Å². The highest BCUT2D eigenvalue weighted by Gasteiger charge is 2.25. The number of aromatic nitrogens is 2. The van der Waals surface area contributed by atoms with Crippen LogP contribution >= 0.6 is 24.2 Å². The molecule has 3 rings (SSSR count). The summed E-state index contributed by atoms with van der Waals surface area (Å²) >= 11 is 1.76. The van der Waals surface area contributed by atoms with Gasteiger partial charge in [-0.05, 0) is 0 Å². The van der Waals surface area contributed by atoms with E-state index in [0.717, 1.165) is 35.7 Å². The summed E-state index contributed by atoms with van der Waals surface area (Å²) in [7, 11) is -3.30. The molecular weight excluding hydrogens is 374 g/mol. The number of H-pyrrole nitrogens is 1. The molecule has 0 radical (unpaired) electrons. The van der Waals surface area contributed by atoms with E-state index < -0.39 is 10.0 Å². The molecule has 0 saturated carbocycles. The van der Waals surface area contributed by atoms with E-state index >= 15 is 0 Å². The predicted octanol–water partition coefficient (Wildman–Crippen LogP) is -0.414. The number of carbonyl (C=O) groups excluding carboxylic acids is 1. The van der Waals surface area contributed by atoms with Crippen molar-refractivity contribution in [3.05, 3.63) is 17.0 Å². The smallest absolute Gasteiger partial charge is 0.272 e. The van der Waals surface area contributed by atoms with Crippen LogP contribution in [0.25, 0.3) is 0 Å². The van der Waals surface area contributed by atoms with Crippen molar-refractivity contribution in [3.8, 4) is 0 Å². The van der Waals surface area contributed by atoms with Gasteiger partial charge in [0, 0.05) is 61.9 Å². The van der Waals surface area contributed by atoms with Gasteiger partial charge in [0.2, 0.25) is 10.0 Å². The van der Waals surface area contributed by atoms with Crippen molar-refractivity contribution in [2.75, 3.05) is 43.4 Å². The Morgan fingerprint density at radius 1 is 1.33 bits per heavy atom. The minimum atomic E-state index is -3.30. The van der Waals surface area contributed by atoms with Crippen molar-refractivity contribution in [2.24, 2.45) is 0 Å². The molecular formula is C13H22ClN5O3S2. The summed E-state index contributed by atoms with van der Waals surface area (Å²) in [5.41, 5.74) is 2.22. The lowest BCUT2D eigenvalue weighted by Crippen LogP contribution is -2.42. The average Bonchev–Trinajstić information content (AvgIpc) is 2.99. The predicted molar refractivity (Wildman–Crippen MR) is 96.3 cm³/mol. The summed E-state index contributed by atoms with van der Waals surface area (Å²) in [5, 5.41) is 12.8. The zero-order chi connectivity index (χ0) is 16.3. The summed E-state index contributed by atoms with van der Waals surface area (Å²) in [4.78, 5) is 12.2. The Hall–Kier alpha value is -0.810. The number of aromatic amines is 1. The van der Waals surface area contributed by atoms with Crippen LogP contribution in [-0.2, 0) is 23.0 Å². The van der Waals surface area contributed by atoms with E-state index in [1.807, 2.05) is 0 Å². The van der Waals surface area contributed by atoms with E-state index in [9.17, 15) is 13.2 Å². The molecule has 1 amide bonds. The van der Waals surface area contributed by atoms with E-state index in [2.05, 4.69) is 20.8 Å². The van der Waals surface area contributed by atoms with Crippen LogP contribution in [0.1, 0.15) is 21.7 Å². The van der Waals surface area contributed by atoms with Crippen molar-refractivity contribution >= 4 is 40.1 Å². The molecule has 0 bridgehead atoms.